The zero-order valence-corrected chi connectivity index (χ0v) is 84.7. The lowest BCUT2D eigenvalue weighted by atomic mass is 10.0. The molecule has 2 saturated heterocycles. The first kappa shape index (κ1) is 100. The van der Waals surface area contributed by atoms with Crippen LogP contribution in [0, 0.1) is 33.6 Å². The van der Waals surface area contributed by atoms with Gasteiger partial charge in [0.2, 0.25) is 5.95 Å². The molecule has 0 atom stereocenters. The number of piperidine rings is 1. The Labute approximate surface area is 840 Å². The van der Waals surface area contributed by atoms with Gasteiger partial charge in [0.1, 0.15) is 57.7 Å². The summed E-state index contributed by atoms with van der Waals surface area (Å²) in [4.78, 5) is 68.3. The lowest BCUT2D eigenvalue weighted by Gasteiger charge is -2.27. The average molecular weight is 2130 g/mol. The van der Waals surface area contributed by atoms with E-state index in [9.17, 15) is 57.2 Å². The van der Waals surface area contributed by atoms with E-state index in [-0.39, 0.29) is 45.3 Å². The lowest BCUT2D eigenvalue weighted by Crippen LogP contribution is -2.36. The Morgan fingerprint density at radius 2 is 0.657 bits per heavy atom. The molecule has 2 fully saturated rings. The average Bonchev–Trinajstić information content (AvgIpc) is 1.63. The minimum atomic E-state index is -3.88. The van der Waals surface area contributed by atoms with Crippen molar-refractivity contribution in [3.8, 4) is 22.3 Å². The van der Waals surface area contributed by atoms with Gasteiger partial charge in [0.25, 0.3) is 0 Å². The summed E-state index contributed by atoms with van der Waals surface area (Å²) in [7, 11) is -15.5. The molecule has 2 aliphatic heterocycles. The predicted octanol–water partition coefficient (Wildman–Crippen LogP) is 18.3. The van der Waals surface area contributed by atoms with Crippen molar-refractivity contribution in [1.82, 2.24) is 53.8 Å². The number of benzene rings is 7. The van der Waals surface area contributed by atoms with Crippen molar-refractivity contribution in [3.63, 3.8) is 0 Å². The molecule has 0 amide bonds. The number of ketones is 4. The van der Waals surface area contributed by atoms with Gasteiger partial charge in [0.05, 0.1) is 81.3 Å². The van der Waals surface area contributed by atoms with Crippen LogP contribution in [0.1, 0.15) is 87.3 Å². The van der Waals surface area contributed by atoms with Gasteiger partial charge in [-0.2, -0.15) is 4.39 Å². The largest absolute Gasteiger partial charge is 0.378 e. The first-order chi connectivity index (χ1) is 68.7. The quantitative estimate of drug-likeness (QED) is 0.0353. The summed E-state index contributed by atoms with van der Waals surface area (Å²) in [6.45, 7) is 13.8. The maximum Gasteiger partial charge on any atom is 0.212 e. The number of para-hydroxylation sites is 4. The van der Waals surface area contributed by atoms with Crippen LogP contribution in [0.15, 0.2) is 314 Å². The first-order valence-electron chi connectivity index (χ1n) is 46.0. The van der Waals surface area contributed by atoms with Crippen molar-refractivity contribution in [2.45, 2.75) is 118 Å². The number of pyridine rings is 3. The summed E-state index contributed by atoms with van der Waals surface area (Å²) in [5, 5.41) is 17.5. The Morgan fingerprint density at radius 3 is 0.972 bits per heavy atom. The zero-order valence-electron chi connectivity index (χ0n) is 78.3. The van der Waals surface area contributed by atoms with Crippen LogP contribution in [0.3, 0.4) is 0 Å². The standard InChI is InChI=1S/C32H32N4O4S.C31H30N4O5S.C22H18Br2N2O4S.C21H18FN3O4S/c1-23-16-27(34-40-23)18-28(37)22-41(38,39)31-21-36(30-11-4-3-10-29(30)31)20-24-8-7-9-25(17-24)26-12-13-32(33-19-26)35-14-5-2-6-15-35;1-22-15-26(33-40-22)17-27(36)21-41(37,38)30-20-35(29-8-3-2-7-28(29)30)19-23-5-4-6-24(16-23)25-9-10-31(32-18-25)34-11-13-39-14-12-34;1-14-6-18(25-30-14)10-19(27)13-31(28,29)22-12-26(21-5-3-2-4-20(21)22)11-15-7-16(23)9-17(24)8-15;1-14-8-16(24-29-14)9-17(26)13-30(27,28)20-12-25(19-5-3-2-4-18(19)20)11-15-6-7-21(22)23-10-15/h3-4,7-13,16-17,19,21H,2,5-6,14-15,18,20,22H2,1H3;2-10,15-16,18,20H,11-14,17,19,21H2,1H3;2-9,12H,10-11,13H2,1H3;2-8,10,12H,9,11,13H2,1H3. The number of nitrogens with zero attached hydrogens (tertiary/aromatic N) is 13. The molecule has 7 aromatic carbocycles. The number of carbonyl (C=O) groups is 4. The van der Waals surface area contributed by atoms with Gasteiger partial charge in [0, 0.05) is 184 Å². The molecule has 0 bridgehead atoms. The Hall–Kier alpha value is -14.1. The van der Waals surface area contributed by atoms with Crippen LogP contribution in [-0.4, -0.2) is 173 Å². The summed E-state index contributed by atoms with van der Waals surface area (Å²) in [5.74, 6) is -0.520. The third-order valence-electron chi connectivity index (χ3n) is 24.1. The van der Waals surface area contributed by atoms with Crippen molar-refractivity contribution in [2.75, 3.05) is 72.2 Å². The molecule has 11 aromatic heterocycles. The third-order valence-corrected chi connectivity index (χ3v) is 31.8. The fraction of sp³-hybridized carbons (Fsp3) is 0.236. The first-order valence-corrected chi connectivity index (χ1v) is 54.2. The van der Waals surface area contributed by atoms with E-state index in [1.807, 2.05) is 123 Å². The number of aromatic nitrogens is 11. The molecule has 143 heavy (non-hydrogen) atoms. The highest BCUT2D eigenvalue weighted by Gasteiger charge is 2.31. The molecule has 0 spiro atoms. The van der Waals surface area contributed by atoms with Gasteiger partial charge in [-0.25, -0.2) is 48.6 Å². The Morgan fingerprint density at radius 1 is 0.329 bits per heavy atom. The summed E-state index contributed by atoms with van der Waals surface area (Å²) >= 11 is 6.97. The third kappa shape index (κ3) is 25.2. The number of halogens is 3. The number of Topliss-reactive ketones (excluding diaryl/α,β-unsaturated/α-hetero) is 4. The minimum absolute atomic E-state index is 0.0813. The summed E-state index contributed by atoms with van der Waals surface area (Å²) in [6, 6.07) is 69.1. The number of aryl methyl sites for hydroxylation is 4. The van der Waals surface area contributed by atoms with Gasteiger partial charge in [-0.3, -0.25) is 19.2 Å². The number of hydrogen-bond donors (Lipinski definition) is 0. The predicted molar refractivity (Wildman–Crippen MR) is 547 cm³/mol. The van der Waals surface area contributed by atoms with E-state index in [1.54, 1.807) is 136 Å². The van der Waals surface area contributed by atoms with Crippen LogP contribution >= 0.6 is 31.9 Å². The SMILES string of the molecule is Cc1cc(CC(=O)CS(=O)(=O)c2cn(Cc3cc(Br)cc(Br)c3)c3ccccc23)no1.Cc1cc(CC(=O)CS(=O)(=O)c2cn(Cc3ccc(F)nc3)c3ccccc23)no1.Cc1cc(CC(=O)CS(=O)(=O)c2cn(Cc3cccc(-c4ccc(N5CCCCC5)nc4)c3)c3ccccc23)no1.Cc1cc(CC(=O)CS(=O)(=O)c2cn(Cc3cccc(-c4ccc(N5CCOCC5)nc4)c3)c3ccccc23)no1. The number of carbonyl (C=O) groups excluding carboxylic acids is 4. The van der Waals surface area contributed by atoms with E-state index in [0.29, 0.717) is 112 Å². The van der Waals surface area contributed by atoms with Gasteiger partial charge >= 0.3 is 0 Å². The van der Waals surface area contributed by atoms with Gasteiger partial charge in [-0.05, 0) is 165 Å². The highest BCUT2D eigenvalue weighted by atomic mass is 79.9. The second-order valence-electron chi connectivity index (χ2n) is 35.3. The zero-order chi connectivity index (χ0) is 100. The topological polar surface area (TPSA) is 383 Å². The highest BCUT2D eigenvalue weighted by Crippen LogP contribution is 2.36. The molecule has 37 heteroatoms. The number of rotatable bonds is 32. The maximum atomic E-state index is 13.4. The summed E-state index contributed by atoms with van der Waals surface area (Å²) in [5.41, 5.74) is 12.7. The second-order valence-corrected chi connectivity index (χ2v) is 45.0. The number of anilines is 2. The number of fused-ring (bicyclic) bond motifs is 4. The van der Waals surface area contributed by atoms with Crippen LogP contribution < -0.4 is 9.80 Å². The number of ether oxygens (including phenoxy) is 1. The van der Waals surface area contributed by atoms with E-state index in [2.05, 4.69) is 109 Å². The van der Waals surface area contributed by atoms with Crippen molar-refractivity contribution in [2.24, 2.45) is 0 Å². The normalized spacial score (nSPS) is 13.1. The second kappa shape index (κ2) is 44.2. The van der Waals surface area contributed by atoms with Crippen LogP contribution in [0.2, 0.25) is 0 Å². The minimum Gasteiger partial charge on any atom is -0.378 e. The molecular weight excluding hydrogens is 2030 g/mol. The number of morpholine rings is 1. The van der Waals surface area contributed by atoms with Crippen molar-refractivity contribution >= 4 is 150 Å². The van der Waals surface area contributed by atoms with E-state index in [0.717, 1.165) is 108 Å². The van der Waals surface area contributed by atoms with Gasteiger partial charge in [-0.15, -0.1) is 0 Å². The van der Waals surface area contributed by atoms with Gasteiger partial charge < -0.3 is 50.9 Å². The molecule has 2 aliphatic rings. The van der Waals surface area contributed by atoms with Crippen molar-refractivity contribution < 1.29 is 80.1 Å². The highest BCUT2D eigenvalue weighted by molar-refractivity contribution is 9.11. The Balaban J connectivity index is 0.000000132. The van der Waals surface area contributed by atoms with Crippen LogP contribution in [-0.2, 0) is 115 Å². The molecule has 18 aromatic rings. The Kier molecular flexibility index (Phi) is 31.0. The molecule has 13 heterocycles. The molecule has 734 valence electrons. The van der Waals surface area contributed by atoms with Crippen LogP contribution in [0.25, 0.3) is 65.9 Å². The fourth-order valence-electron chi connectivity index (χ4n) is 17.6. The molecule has 30 nitrogen and oxygen atoms in total. The number of hydrogen-bond acceptors (Lipinski definition) is 26. The summed E-state index contributed by atoms with van der Waals surface area (Å²) < 4.78 is 154. The van der Waals surface area contributed by atoms with E-state index >= 15 is 0 Å². The fourth-order valence-corrected chi connectivity index (χ4v) is 24.9. The van der Waals surface area contributed by atoms with E-state index < -0.39 is 91.4 Å². The van der Waals surface area contributed by atoms with Gasteiger partial charge in [0.15, 0.2) is 62.5 Å². The monoisotopic (exact) mass is 2130 g/mol. The molecule has 0 radical (unpaired) electrons. The molecule has 20 rings (SSSR count). The number of sulfone groups is 4. The van der Waals surface area contributed by atoms with Crippen molar-refractivity contribution in [1.29, 1.82) is 0 Å². The molecule has 0 unspecified atom stereocenters. The molecular formula is C106H98Br2FN13O17S4. The maximum absolute atomic E-state index is 13.4. The van der Waals surface area contributed by atoms with Crippen LogP contribution in [0.4, 0.5) is 16.0 Å². The smallest absolute Gasteiger partial charge is 0.212 e. The molecule has 0 N–H and O–H groups in total. The molecule has 0 aliphatic carbocycles. The Bertz CT molecular complexity index is 7940. The van der Waals surface area contributed by atoms with E-state index in [4.69, 9.17) is 27.8 Å². The van der Waals surface area contributed by atoms with E-state index in [1.165, 1.54) is 37.7 Å². The molecule has 0 saturated carbocycles. The summed E-state index contributed by atoms with van der Waals surface area (Å²) in [6.07, 6.45) is 15.0. The van der Waals surface area contributed by atoms with Gasteiger partial charge in [-0.1, -0.05) is 168 Å². The lowest BCUT2D eigenvalue weighted by molar-refractivity contribution is -0.117. The van der Waals surface area contributed by atoms with Crippen molar-refractivity contribution in [3.05, 3.63) is 351 Å². The van der Waals surface area contributed by atoms with Crippen LogP contribution in [0.5, 0.6) is 0 Å².